The maximum atomic E-state index is 13.0. The first-order valence-electron chi connectivity index (χ1n) is 10.4. The van der Waals surface area contributed by atoms with Crippen LogP contribution in [0.3, 0.4) is 0 Å². The first-order valence-corrected chi connectivity index (χ1v) is 11.8. The van der Waals surface area contributed by atoms with E-state index in [9.17, 15) is 4.79 Å². The van der Waals surface area contributed by atoms with E-state index in [0.29, 0.717) is 51.6 Å². The normalized spacial score (nSPS) is 15.5. The van der Waals surface area contributed by atoms with Gasteiger partial charge in [0.15, 0.2) is 17.3 Å². The molecule has 7 nitrogen and oxygen atoms in total. The minimum absolute atomic E-state index is 0.0133. The number of hydrogen-bond donors (Lipinski definition) is 0. The molecule has 1 unspecified atom stereocenters. The van der Waals surface area contributed by atoms with Crippen molar-refractivity contribution in [1.82, 2.24) is 19.6 Å². The van der Waals surface area contributed by atoms with Gasteiger partial charge in [-0.25, -0.2) is 9.50 Å². The van der Waals surface area contributed by atoms with Gasteiger partial charge in [0, 0.05) is 23.4 Å². The summed E-state index contributed by atoms with van der Waals surface area (Å²) in [7, 11) is 3.21. The molecule has 1 aliphatic carbocycles. The summed E-state index contributed by atoms with van der Waals surface area (Å²) in [6, 6.07) is 13.5. The van der Waals surface area contributed by atoms with E-state index in [1.807, 2.05) is 42.5 Å². The molecule has 0 amide bonds. The number of hydrogen-bond acceptors (Lipinski definition) is 7. The predicted molar refractivity (Wildman–Crippen MR) is 127 cm³/mol. The first kappa shape index (κ1) is 21.7. The third-order valence-corrected chi connectivity index (χ3v) is 6.84. The molecule has 2 aromatic heterocycles. The van der Waals surface area contributed by atoms with Crippen LogP contribution in [0.5, 0.6) is 11.5 Å². The van der Waals surface area contributed by atoms with Gasteiger partial charge >= 0.3 is 0 Å². The van der Waals surface area contributed by atoms with Gasteiger partial charge in [0.05, 0.1) is 25.5 Å². The van der Waals surface area contributed by atoms with Crippen molar-refractivity contribution < 1.29 is 14.3 Å². The fourth-order valence-electron chi connectivity index (χ4n) is 4.04. The van der Waals surface area contributed by atoms with Crippen LogP contribution in [0, 0.1) is 0 Å². The van der Waals surface area contributed by atoms with Crippen LogP contribution >= 0.6 is 23.4 Å². The maximum Gasteiger partial charge on any atom is 0.253 e. The van der Waals surface area contributed by atoms with Gasteiger partial charge in [-0.1, -0.05) is 41.6 Å². The number of fused-ring (bicyclic) bond motifs is 2. The van der Waals surface area contributed by atoms with E-state index in [4.69, 9.17) is 21.1 Å². The van der Waals surface area contributed by atoms with Crippen LogP contribution in [0.2, 0.25) is 5.02 Å². The van der Waals surface area contributed by atoms with Gasteiger partial charge in [0.1, 0.15) is 0 Å². The van der Waals surface area contributed by atoms with E-state index in [0.717, 1.165) is 16.8 Å². The first-order chi connectivity index (χ1) is 16.0. The Morgan fingerprint density at radius 2 is 1.94 bits per heavy atom. The van der Waals surface area contributed by atoms with Crippen molar-refractivity contribution >= 4 is 34.9 Å². The van der Waals surface area contributed by atoms with Gasteiger partial charge in [-0.05, 0) is 47.7 Å². The van der Waals surface area contributed by atoms with E-state index >= 15 is 0 Å². The zero-order valence-electron chi connectivity index (χ0n) is 18.1. The molecule has 0 saturated heterocycles. The smallest absolute Gasteiger partial charge is 0.253 e. The number of methoxy groups -OCH3 is 2. The fraction of sp³-hybridized carbons (Fsp3) is 0.250. The lowest BCUT2D eigenvalue weighted by atomic mass is 9.82. The minimum atomic E-state index is 0.0133. The van der Waals surface area contributed by atoms with Crippen molar-refractivity contribution in [2.75, 3.05) is 14.2 Å². The molecule has 1 aliphatic rings. The Hall–Kier alpha value is -3.10. The van der Waals surface area contributed by atoms with Crippen molar-refractivity contribution in [2.45, 2.75) is 29.7 Å². The Bertz CT molecular complexity index is 1360. The summed E-state index contributed by atoms with van der Waals surface area (Å²) >= 11 is 7.57. The number of aromatic nitrogens is 4. The molecule has 0 bridgehead atoms. The van der Waals surface area contributed by atoms with Gasteiger partial charge < -0.3 is 9.47 Å². The fourth-order valence-corrected chi connectivity index (χ4v) is 5.02. The van der Waals surface area contributed by atoms with E-state index in [-0.39, 0.29) is 11.7 Å². The lowest BCUT2D eigenvalue weighted by Crippen LogP contribution is -2.21. The number of ketones is 1. The third kappa shape index (κ3) is 4.41. The van der Waals surface area contributed by atoms with Crippen LogP contribution in [0.15, 0.2) is 53.8 Å². The summed E-state index contributed by atoms with van der Waals surface area (Å²) in [5.74, 6) is 2.55. The molecule has 2 heterocycles. The Kier molecular flexibility index (Phi) is 5.95. The van der Waals surface area contributed by atoms with Crippen LogP contribution in [-0.2, 0) is 12.2 Å². The van der Waals surface area contributed by atoms with Crippen LogP contribution in [0.25, 0.3) is 5.78 Å². The van der Waals surface area contributed by atoms with Crippen LogP contribution in [0.1, 0.15) is 39.5 Å². The highest BCUT2D eigenvalue weighted by atomic mass is 35.5. The molecular formula is C24H21ClN4O3S. The molecule has 168 valence electrons. The number of Topliss-reactive ketones (excluding diaryl/α,β-unsaturated/α-hetero) is 1. The maximum absolute atomic E-state index is 13.0. The summed E-state index contributed by atoms with van der Waals surface area (Å²) in [5, 5.41) is 5.81. The lowest BCUT2D eigenvalue weighted by Gasteiger charge is -2.23. The zero-order chi connectivity index (χ0) is 22.9. The van der Waals surface area contributed by atoms with Gasteiger partial charge in [0.25, 0.3) is 5.78 Å². The number of halogens is 1. The molecule has 2 aromatic carbocycles. The minimum Gasteiger partial charge on any atom is -0.493 e. The van der Waals surface area contributed by atoms with E-state index in [1.165, 1.54) is 11.8 Å². The quantitative estimate of drug-likeness (QED) is 0.359. The van der Waals surface area contributed by atoms with Crippen molar-refractivity contribution in [3.8, 4) is 11.5 Å². The largest absolute Gasteiger partial charge is 0.493 e. The molecule has 5 rings (SSSR count). The van der Waals surface area contributed by atoms with E-state index < -0.39 is 0 Å². The predicted octanol–water partition coefficient (Wildman–Crippen LogP) is 5.00. The number of nitrogens with zero attached hydrogens (tertiary/aromatic N) is 4. The Labute approximate surface area is 200 Å². The molecular weight excluding hydrogens is 460 g/mol. The molecule has 0 N–H and O–H groups in total. The highest BCUT2D eigenvalue weighted by Gasteiger charge is 2.29. The number of benzene rings is 2. The molecule has 4 aromatic rings. The molecule has 0 aliphatic heterocycles. The van der Waals surface area contributed by atoms with Gasteiger partial charge in [-0.2, -0.15) is 4.98 Å². The van der Waals surface area contributed by atoms with Crippen molar-refractivity contribution in [3.63, 3.8) is 0 Å². The van der Waals surface area contributed by atoms with Gasteiger partial charge in [-0.3, -0.25) is 4.79 Å². The lowest BCUT2D eigenvalue weighted by molar-refractivity contribution is 0.0962. The molecule has 0 radical (unpaired) electrons. The summed E-state index contributed by atoms with van der Waals surface area (Å²) in [6.07, 6.45) is 2.80. The summed E-state index contributed by atoms with van der Waals surface area (Å²) < 4.78 is 12.3. The Balaban J connectivity index is 1.40. The molecule has 0 spiro atoms. The number of carbonyl (C=O) groups is 1. The summed E-state index contributed by atoms with van der Waals surface area (Å²) in [6.45, 7) is 0. The average Bonchev–Trinajstić information content (AvgIpc) is 3.23. The second kappa shape index (κ2) is 9.03. The molecule has 0 saturated carbocycles. The molecule has 1 atom stereocenters. The van der Waals surface area contributed by atoms with Gasteiger partial charge in [-0.15, -0.1) is 5.10 Å². The van der Waals surface area contributed by atoms with Gasteiger partial charge in [0.2, 0.25) is 5.16 Å². The number of thioether (sulfide) groups is 1. The number of carbonyl (C=O) groups excluding carboxylic acids is 1. The Morgan fingerprint density at radius 1 is 1.09 bits per heavy atom. The second-order valence-corrected chi connectivity index (χ2v) is 9.18. The highest BCUT2D eigenvalue weighted by molar-refractivity contribution is 7.98. The monoisotopic (exact) mass is 480 g/mol. The number of rotatable bonds is 6. The van der Waals surface area contributed by atoms with Crippen LogP contribution < -0.4 is 9.47 Å². The van der Waals surface area contributed by atoms with E-state index in [2.05, 4.69) is 15.1 Å². The topological polar surface area (TPSA) is 78.6 Å². The number of ether oxygens (including phenoxy) is 2. The zero-order valence-corrected chi connectivity index (χ0v) is 19.7. The Morgan fingerprint density at radius 3 is 2.73 bits per heavy atom. The molecule has 33 heavy (non-hydrogen) atoms. The summed E-state index contributed by atoms with van der Waals surface area (Å²) in [5.41, 5.74) is 3.46. The van der Waals surface area contributed by atoms with Crippen molar-refractivity contribution in [2.24, 2.45) is 0 Å². The third-order valence-electron chi connectivity index (χ3n) is 5.70. The average molecular weight is 481 g/mol. The van der Waals surface area contributed by atoms with Crippen LogP contribution in [-0.4, -0.2) is 39.6 Å². The molecule has 0 fully saturated rings. The summed E-state index contributed by atoms with van der Waals surface area (Å²) in [4.78, 5) is 22.2. The van der Waals surface area contributed by atoms with Crippen molar-refractivity contribution in [1.29, 1.82) is 0 Å². The standard InChI is InChI=1S/C24H21ClN4O3S/c1-31-21-7-6-15(11-22(21)32-2)16-9-19-18(20(30)10-16)12-29-23(26-19)27-24(28-29)33-13-14-4-3-5-17(25)8-14/h3-8,11-12,16H,9-10,13H2,1-2H3. The highest BCUT2D eigenvalue weighted by Crippen LogP contribution is 2.36. The van der Waals surface area contributed by atoms with E-state index in [1.54, 1.807) is 24.9 Å². The second-order valence-electron chi connectivity index (χ2n) is 7.80. The SMILES string of the molecule is COc1ccc(C2CC(=O)c3cn4nc(SCc5cccc(Cl)c5)nc4nc3C2)cc1OC. The van der Waals surface area contributed by atoms with Crippen molar-refractivity contribution in [3.05, 3.63) is 76.1 Å². The molecule has 9 heteroatoms. The van der Waals surface area contributed by atoms with Crippen LogP contribution in [0.4, 0.5) is 0 Å².